The fourth-order valence-corrected chi connectivity index (χ4v) is 2.85. The van der Waals surface area contributed by atoms with Gasteiger partial charge in [0.25, 0.3) is 0 Å². The molecule has 22 heavy (non-hydrogen) atoms. The van der Waals surface area contributed by atoms with Crippen LogP contribution in [0.5, 0.6) is 0 Å². The molecule has 1 saturated carbocycles. The summed E-state index contributed by atoms with van der Waals surface area (Å²) < 4.78 is 0. The first-order valence-corrected chi connectivity index (χ1v) is 8.06. The number of rotatable bonds is 5. The maximum absolute atomic E-state index is 4.66. The van der Waals surface area contributed by atoms with Gasteiger partial charge in [-0.25, -0.2) is 4.98 Å². The minimum absolute atomic E-state index is 0.544. The molecule has 2 heterocycles. The number of hydrogen-bond donors (Lipinski definition) is 3. The van der Waals surface area contributed by atoms with E-state index < -0.39 is 0 Å². The maximum Gasteiger partial charge on any atom is 0.225 e. The lowest BCUT2D eigenvalue weighted by Crippen LogP contribution is -2.24. The standard InChI is InChI=1S/C16H24N6/c1-11-12(2)19-16(17-10-14-8-9-18-22-14)21-15(11)20-13-6-4-3-5-7-13/h8-9,13H,3-7,10H2,1-2H3,(H,18,22)(H2,17,19,20,21). The summed E-state index contributed by atoms with van der Waals surface area (Å²) in [4.78, 5) is 9.19. The van der Waals surface area contributed by atoms with Crippen molar-refractivity contribution in [3.8, 4) is 0 Å². The monoisotopic (exact) mass is 300 g/mol. The van der Waals surface area contributed by atoms with Crippen LogP contribution in [0.1, 0.15) is 49.1 Å². The molecule has 0 bridgehead atoms. The molecule has 0 spiro atoms. The van der Waals surface area contributed by atoms with Crippen molar-refractivity contribution in [3.05, 3.63) is 29.2 Å². The van der Waals surface area contributed by atoms with Crippen LogP contribution < -0.4 is 10.6 Å². The van der Waals surface area contributed by atoms with Gasteiger partial charge in [0.05, 0.1) is 12.2 Å². The Kier molecular flexibility index (Phi) is 4.56. The summed E-state index contributed by atoms with van der Waals surface area (Å²) in [5.41, 5.74) is 3.17. The van der Waals surface area contributed by atoms with E-state index in [1.165, 1.54) is 32.1 Å². The number of aromatic nitrogens is 4. The highest BCUT2D eigenvalue weighted by Crippen LogP contribution is 2.24. The maximum atomic E-state index is 4.66. The average Bonchev–Trinajstić information content (AvgIpc) is 3.04. The highest BCUT2D eigenvalue weighted by atomic mass is 15.2. The topological polar surface area (TPSA) is 78.5 Å². The Morgan fingerprint density at radius 1 is 1.18 bits per heavy atom. The molecule has 0 unspecified atom stereocenters. The molecule has 2 aromatic heterocycles. The van der Waals surface area contributed by atoms with E-state index in [2.05, 4.69) is 37.7 Å². The molecule has 0 aromatic carbocycles. The molecule has 0 radical (unpaired) electrons. The zero-order chi connectivity index (χ0) is 15.4. The van der Waals surface area contributed by atoms with Gasteiger partial charge < -0.3 is 10.6 Å². The zero-order valence-corrected chi connectivity index (χ0v) is 13.3. The summed E-state index contributed by atoms with van der Waals surface area (Å²) >= 11 is 0. The molecule has 0 saturated heterocycles. The minimum atomic E-state index is 0.544. The lowest BCUT2D eigenvalue weighted by atomic mass is 9.95. The number of anilines is 2. The van der Waals surface area contributed by atoms with Gasteiger partial charge in [0.2, 0.25) is 5.95 Å². The van der Waals surface area contributed by atoms with Crippen molar-refractivity contribution in [3.63, 3.8) is 0 Å². The Morgan fingerprint density at radius 2 is 2.00 bits per heavy atom. The molecule has 0 aliphatic heterocycles. The van der Waals surface area contributed by atoms with E-state index in [-0.39, 0.29) is 0 Å². The molecule has 3 N–H and O–H groups in total. The Bertz CT molecular complexity index is 601. The Hall–Kier alpha value is -2.11. The first-order valence-electron chi connectivity index (χ1n) is 8.06. The predicted octanol–water partition coefficient (Wildman–Crippen LogP) is 3.17. The van der Waals surface area contributed by atoms with E-state index >= 15 is 0 Å². The van der Waals surface area contributed by atoms with Crippen molar-refractivity contribution in [1.29, 1.82) is 0 Å². The van der Waals surface area contributed by atoms with Crippen LogP contribution in [0.4, 0.5) is 11.8 Å². The molecule has 0 amide bonds. The van der Waals surface area contributed by atoms with Crippen LogP contribution in [0.3, 0.4) is 0 Å². The zero-order valence-electron chi connectivity index (χ0n) is 13.3. The van der Waals surface area contributed by atoms with Crippen LogP contribution in [-0.2, 0) is 6.54 Å². The number of H-pyrrole nitrogens is 1. The first kappa shape index (κ1) is 14.8. The number of aromatic amines is 1. The second-order valence-electron chi connectivity index (χ2n) is 6.02. The van der Waals surface area contributed by atoms with Gasteiger partial charge in [0.1, 0.15) is 5.82 Å². The molecular weight excluding hydrogens is 276 g/mol. The van der Waals surface area contributed by atoms with Crippen molar-refractivity contribution >= 4 is 11.8 Å². The van der Waals surface area contributed by atoms with Gasteiger partial charge in [-0.2, -0.15) is 10.1 Å². The second-order valence-corrected chi connectivity index (χ2v) is 6.02. The molecule has 1 aliphatic rings. The SMILES string of the molecule is Cc1nc(NCc2ccn[nH]2)nc(NC2CCCCC2)c1C. The Labute approximate surface area is 131 Å². The van der Waals surface area contributed by atoms with Gasteiger partial charge in [0, 0.05) is 23.5 Å². The molecule has 6 heteroatoms. The number of nitrogens with one attached hydrogen (secondary N) is 3. The van der Waals surface area contributed by atoms with Gasteiger partial charge >= 0.3 is 0 Å². The van der Waals surface area contributed by atoms with Crippen molar-refractivity contribution in [2.75, 3.05) is 10.6 Å². The normalized spacial score (nSPS) is 15.7. The van der Waals surface area contributed by atoms with Crippen molar-refractivity contribution in [2.45, 2.75) is 58.5 Å². The average molecular weight is 300 g/mol. The van der Waals surface area contributed by atoms with Crippen molar-refractivity contribution in [1.82, 2.24) is 20.2 Å². The van der Waals surface area contributed by atoms with E-state index in [0.29, 0.717) is 18.5 Å². The summed E-state index contributed by atoms with van der Waals surface area (Å²) in [6.07, 6.45) is 8.20. The van der Waals surface area contributed by atoms with E-state index in [1.54, 1.807) is 6.20 Å². The summed E-state index contributed by atoms with van der Waals surface area (Å²) in [6.45, 7) is 4.76. The van der Waals surface area contributed by atoms with Gasteiger partial charge in [-0.3, -0.25) is 5.10 Å². The largest absolute Gasteiger partial charge is 0.367 e. The summed E-state index contributed by atoms with van der Waals surface area (Å²) in [7, 11) is 0. The second kappa shape index (κ2) is 6.77. The van der Waals surface area contributed by atoms with E-state index in [0.717, 1.165) is 22.8 Å². The molecule has 1 fully saturated rings. The number of hydrogen-bond acceptors (Lipinski definition) is 5. The number of nitrogens with zero attached hydrogens (tertiary/aromatic N) is 3. The lowest BCUT2D eigenvalue weighted by Gasteiger charge is -2.24. The fraction of sp³-hybridized carbons (Fsp3) is 0.562. The van der Waals surface area contributed by atoms with Gasteiger partial charge in [0.15, 0.2) is 0 Å². The first-order chi connectivity index (χ1) is 10.7. The third-order valence-electron chi connectivity index (χ3n) is 4.33. The van der Waals surface area contributed by atoms with Crippen LogP contribution in [0.15, 0.2) is 12.3 Å². The summed E-state index contributed by atoms with van der Waals surface area (Å²) in [5.74, 6) is 1.63. The Balaban J connectivity index is 1.71. The summed E-state index contributed by atoms with van der Waals surface area (Å²) in [6, 6.07) is 2.48. The lowest BCUT2D eigenvalue weighted by molar-refractivity contribution is 0.461. The molecule has 6 nitrogen and oxygen atoms in total. The quantitative estimate of drug-likeness (QED) is 0.790. The molecule has 3 rings (SSSR count). The van der Waals surface area contributed by atoms with Crippen LogP contribution in [0.25, 0.3) is 0 Å². The highest BCUT2D eigenvalue weighted by Gasteiger charge is 2.16. The third kappa shape index (κ3) is 3.55. The van der Waals surface area contributed by atoms with Gasteiger partial charge in [-0.1, -0.05) is 19.3 Å². The van der Waals surface area contributed by atoms with E-state index in [1.807, 2.05) is 13.0 Å². The minimum Gasteiger partial charge on any atom is -0.367 e. The van der Waals surface area contributed by atoms with Gasteiger partial charge in [-0.15, -0.1) is 0 Å². The van der Waals surface area contributed by atoms with E-state index in [4.69, 9.17) is 0 Å². The van der Waals surface area contributed by atoms with Crippen LogP contribution in [0.2, 0.25) is 0 Å². The van der Waals surface area contributed by atoms with Crippen LogP contribution in [-0.4, -0.2) is 26.2 Å². The van der Waals surface area contributed by atoms with Gasteiger partial charge in [-0.05, 0) is 32.8 Å². The van der Waals surface area contributed by atoms with E-state index in [9.17, 15) is 0 Å². The van der Waals surface area contributed by atoms with Crippen LogP contribution in [0, 0.1) is 13.8 Å². The van der Waals surface area contributed by atoms with Crippen molar-refractivity contribution < 1.29 is 0 Å². The molecule has 1 aliphatic carbocycles. The van der Waals surface area contributed by atoms with Crippen LogP contribution >= 0.6 is 0 Å². The fourth-order valence-electron chi connectivity index (χ4n) is 2.85. The molecule has 2 aromatic rings. The van der Waals surface area contributed by atoms with Crippen molar-refractivity contribution in [2.24, 2.45) is 0 Å². The predicted molar refractivity (Wildman–Crippen MR) is 87.9 cm³/mol. The highest BCUT2D eigenvalue weighted by molar-refractivity contribution is 5.50. The molecule has 118 valence electrons. The molecule has 0 atom stereocenters. The summed E-state index contributed by atoms with van der Waals surface area (Å²) in [5, 5.41) is 13.7. The smallest absolute Gasteiger partial charge is 0.225 e. The molecular formula is C16H24N6. The number of aryl methyl sites for hydroxylation is 1. The Morgan fingerprint density at radius 3 is 2.73 bits per heavy atom. The third-order valence-corrected chi connectivity index (χ3v) is 4.33.